The summed E-state index contributed by atoms with van der Waals surface area (Å²) in [5.74, 6) is -0.712. The monoisotopic (exact) mass is 489 g/mol. The summed E-state index contributed by atoms with van der Waals surface area (Å²) in [4.78, 5) is 4.24. The third-order valence-electron chi connectivity index (χ3n) is 4.65. The van der Waals surface area contributed by atoms with Crippen LogP contribution in [0, 0.1) is 11.6 Å². The first-order chi connectivity index (χ1) is 15.8. The Kier molecular flexibility index (Phi) is 6.57. The fourth-order valence-corrected chi connectivity index (χ4v) is 4.25. The zero-order chi connectivity index (χ0) is 23.4. The van der Waals surface area contributed by atoms with Gasteiger partial charge in [-0.05, 0) is 59.7 Å². The minimum absolute atomic E-state index is 0.0216. The highest BCUT2D eigenvalue weighted by Gasteiger charge is 2.24. The Labute approximate surface area is 194 Å². The summed E-state index contributed by atoms with van der Waals surface area (Å²) in [7, 11) is -4.09. The molecule has 4 rings (SSSR count). The SMILES string of the molecule is O=S(=O)(c1ccc(Cl)cc1)n1nc(NCc2ccc(F)cc2)nc1NCc1ccc(F)cc1. The van der Waals surface area contributed by atoms with E-state index in [0.29, 0.717) is 5.02 Å². The molecule has 0 aliphatic rings. The van der Waals surface area contributed by atoms with Gasteiger partial charge in [-0.25, -0.2) is 8.78 Å². The molecule has 0 unspecified atom stereocenters. The summed E-state index contributed by atoms with van der Waals surface area (Å²) in [5, 5.41) is 10.4. The number of aromatic nitrogens is 3. The lowest BCUT2D eigenvalue weighted by molar-refractivity contribution is 0.580. The van der Waals surface area contributed by atoms with E-state index in [9.17, 15) is 17.2 Å². The van der Waals surface area contributed by atoms with Gasteiger partial charge in [-0.3, -0.25) is 0 Å². The molecule has 33 heavy (non-hydrogen) atoms. The van der Waals surface area contributed by atoms with E-state index in [4.69, 9.17) is 11.6 Å². The third-order valence-corrected chi connectivity index (χ3v) is 6.48. The number of hydrogen-bond acceptors (Lipinski definition) is 6. The molecule has 11 heteroatoms. The number of benzene rings is 3. The molecule has 170 valence electrons. The first-order valence-corrected chi connectivity index (χ1v) is 11.6. The molecule has 0 bridgehead atoms. The number of halogens is 3. The van der Waals surface area contributed by atoms with Crippen molar-refractivity contribution in [2.75, 3.05) is 10.6 Å². The lowest BCUT2D eigenvalue weighted by Crippen LogP contribution is -2.18. The van der Waals surface area contributed by atoms with Gasteiger partial charge in [0.05, 0.1) is 4.90 Å². The van der Waals surface area contributed by atoms with Crippen molar-refractivity contribution in [3.63, 3.8) is 0 Å². The third kappa shape index (κ3) is 5.47. The molecule has 0 atom stereocenters. The van der Waals surface area contributed by atoms with E-state index in [1.807, 2.05) is 0 Å². The van der Waals surface area contributed by atoms with Crippen LogP contribution in [-0.4, -0.2) is 22.6 Å². The maximum Gasteiger partial charge on any atom is 0.286 e. The number of anilines is 2. The lowest BCUT2D eigenvalue weighted by Gasteiger charge is -2.09. The standard InChI is InChI=1S/C22H18ClF2N5O2S/c23-17-5-11-20(12-6-17)33(31,32)30-22(27-14-16-3-9-19(25)10-4-16)28-21(29-30)26-13-15-1-7-18(24)8-2-15/h1-12H,13-14H2,(H2,26,27,28,29). The van der Waals surface area contributed by atoms with Crippen molar-refractivity contribution in [1.82, 2.24) is 14.2 Å². The Morgan fingerprint density at radius 2 is 1.30 bits per heavy atom. The predicted molar refractivity (Wildman–Crippen MR) is 122 cm³/mol. The van der Waals surface area contributed by atoms with Gasteiger partial charge in [0.15, 0.2) is 0 Å². The molecular formula is C22H18ClF2N5O2S. The molecule has 0 amide bonds. The first kappa shape index (κ1) is 22.7. The van der Waals surface area contributed by atoms with Crippen LogP contribution in [0.2, 0.25) is 5.02 Å². The average Bonchev–Trinajstić information content (AvgIpc) is 3.23. The van der Waals surface area contributed by atoms with E-state index >= 15 is 0 Å². The fraction of sp³-hybridized carbons (Fsp3) is 0.0909. The molecule has 0 saturated carbocycles. The van der Waals surface area contributed by atoms with Crippen LogP contribution in [-0.2, 0) is 23.1 Å². The molecule has 7 nitrogen and oxygen atoms in total. The molecule has 0 spiro atoms. The van der Waals surface area contributed by atoms with Crippen LogP contribution < -0.4 is 10.6 Å². The first-order valence-electron chi connectivity index (χ1n) is 9.76. The van der Waals surface area contributed by atoms with Crippen molar-refractivity contribution in [3.8, 4) is 0 Å². The molecule has 3 aromatic carbocycles. The average molecular weight is 490 g/mol. The van der Waals surface area contributed by atoms with E-state index in [1.165, 1.54) is 48.5 Å². The molecule has 0 aliphatic heterocycles. The summed E-state index contributed by atoms with van der Waals surface area (Å²) in [6.45, 7) is 0.440. The Morgan fingerprint density at radius 3 is 1.85 bits per heavy atom. The van der Waals surface area contributed by atoms with E-state index in [2.05, 4.69) is 20.7 Å². The second-order valence-electron chi connectivity index (χ2n) is 7.02. The second kappa shape index (κ2) is 9.55. The molecule has 1 heterocycles. The van der Waals surface area contributed by atoms with E-state index in [0.717, 1.165) is 15.2 Å². The Morgan fingerprint density at radius 1 is 0.788 bits per heavy atom. The highest BCUT2D eigenvalue weighted by molar-refractivity contribution is 7.90. The zero-order valence-electron chi connectivity index (χ0n) is 17.0. The molecule has 1 aromatic heterocycles. The Balaban J connectivity index is 1.62. The molecule has 0 radical (unpaired) electrons. The highest BCUT2D eigenvalue weighted by Crippen LogP contribution is 2.21. The normalized spacial score (nSPS) is 11.4. The van der Waals surface area contributed by atoms with Gasteiger partial charge in [0.25, 0.3) is 10.0 Å². The zero-order valence-corrected chi connectivity index (χ0v) is 18.6. The fourth-order valence-electron chi connectivity index (χ4n) is 2.92. The Bertz CT molecular complexity index is 1340. The van der Waals surface area contributed by atoms with E-state index < -0.39 is 10.0 Å². The summed E-state index contributed by atoms with van der Waals surface area (Å²) in [6.07, 6.45) is 0. The van der Waals surface area contributed by atoms with Crippen LogP contribution in [0.25, 0.3) is 0 Å². The van der Waals surface area contributed by atoms with Crippen molar-refractivity contribution >= 4 is 33.5 Å². The van der Waals surface area contributed by atoms with Gasteiger partial charge < -0.3 is 10.6 Å². The topological polar surface area (TPSA) is 88.9 Å². The molecule has 0 aliphatic carbocycles. The maximum atomic E-state index is 13.2. The molecule has 4 aromatic rings. The van der Waals surface area contributed by atoms with Gasteiger partial charge in [0.1, 0.15) is 11.6 Å². The predicted octanol–water partition coefficient (Wildman–Crippen LogP) is 4.67. The van der Waals surface area contributed by atoms with Crippen molar-refractivity contribution < 1.29 is 17.2 Å². The van der Waals surface area contributed by atoms with Crippen LogP contribution >= 0.6 is 11.6 Å². The Hall–Kier alpha value is -3.50. The van der Waals surface area contributed by atoms with Crippen LogP contribution in [0.5, 0.6) is 0 Å². The number of hydrogen-bond donors (Lipinski definition) is 2. The summed E-state index contributed by atoms with van der Waals surface area (Å²) in [6, 6.07) is 17.3. The van der Waals surface area contributed by atoms with Crippen molar-refractivity contribution in [2.24, 2.45) is 0 Å². The van der Waals surface area contributed by atoms with Crippen molar-refractivity contribution in [3.05, 3.63) is 101 Å². The van der Waals surface area contributed by atoms with Crippen LogP contribution in [0.4, 0.5) is 20.7 Å². The largest absolute Gasteiger partial charge is 0.349 e. The minimum atomic E-state index is -4.09. The van der Waals surface area contributed by atoms with Gasteiger partial charge in [0, 0.05) is 18.1 Å². The van der Waals surface area contributed by atoms with E-state index in [1.54, 1.807) is 24.3 Å². The van der Waals surface area contributed by atoms with Crippen LogP contribution in [0.3, 0.4) is 0 Å². The van der Waals surface area contributed by atoms with Crippen LogP contribution in [0.1, 0.15) is 11.1 Å². The highest BCUT2D eigenvalue weighted by atomic mass is 35.5. The molecule has 0 fully saturated rings. The molecule has 0 saturated heterocycles. The summed E-state index contributed by atoms with van der Waals surface area (Å²) < 4.78 is 53.5. The van der Waals surface area contributed by atoms with Gasteiger partial charge >= 0.3 is 0 Å². The number of nitrogens with zero attached hydrogens (tertiary/aromatic N) is 3. The number of rotatable bonds is 8. The smallest absolute Gasteiger partial charge is 0.286 e. The van der Waals surface area contributed by atoms with Gasteiger partial charge in [-0.15, -0.1) is 9.19 Å². The van der Waals surface area contributed by atoms with Crippen molar-refractivity contribution in [2.45, 2.75) is 18.0 Å². The van der Waals surface area contributed by atoms with E-state index in [-0.39, 0.29) is 41.5 Å². The maximum absolute atomic E-state index is 13.2. The summed E-state index contributed by atoms with van der Waals surface area (Å²) >= 11 is 5.88. The molecule has 2 N–H and O–H groups in total. The number of nitrogens with one attached hydrogen (secondary N) is 2. The quantitative estimate of drug-likeness (QED) is 0.374. The van der Waals surface area contributed by atoms with Gasteiger partial charge in [-0.2, -0.15) is 13.4 Å². The van der Waals surface area contributed by atoms with Crippen molar-refractivity contribution in [1.29, 1.82) is 0 Å². The molecular weight excluding hydrogens is 472 g/mol. The summed E-state index contributed by atoms with van der Waals surface area (Å²) in [5.41, 5.74) is 1.48. The van der Waals surface area contributed by atoms with Gasteiger partial charge in [0.2, 0.25) is 11.9 Å². The van der Waals surface area contributed by atoms with Crippen LogP contribution in [0.15, 0.2) is 77.7 Å². The minimum Gasteiger partial charge on any atom is -0.349 e. The van der Waals surface area contributed by atoms with Gasteiger partial charge in [-0.1, -0.05) is 35.9 Å². The lowest BCUT2D eigenvalue weighted by atomic mass is 10.2. The second-order valence-corrected chi connectivity index (χ2v) is 9.22.